The fourth-order valence-electron chi connectivity index (χ4n) is 3.92. The molecule has 0 radical (unpaired) electrons. The Kier molecular flexibility index (Phi) is 3.98. The molecular weight excluding hydrogens is 390 g/mol. The lowest BCUT2D eigenvalue weighted by molar-refractivity contribution is 0.549. The number of pyridine rings is 3. The fourth-order valence-corrected chi connectivity index (χ4v) is 3.92. The van der Waals surface area contributed by atoms with Crippen molar-refractivity contribution in [1.82, 2.24) is 40.1 Å². The third-order valence-electron chi connectivity index (χ3n) is 5.43. The molecule has 9 nitrogen and oxygen atoms in total. The second-order valence-corrected chi connectivity index (χ2v) is 7.56. The third kappa shape index (κ3) is 3.02. The highest BCUT2D eigenvalue weighted by Crippen LogP contribution is 2.31. The summed E-state index contributed by atoms with van der Waals surface area (Å²) in [5.41, 5.74) is 7.53. The maximum absolute atomic E-state index is 4.88. The predicted molar refractivity (Wildman–Crippen MR) is 117 cm³/mol. The van der Waals surface area contributed by atoms with Gasteiger partial charge in [-0.05, 0) is 43.7 Å². The van der Waals surface area contributed by atoms with Crippen molar-refractivity contribution < 1.29 is 0 Å². The van der Waals surface area contributed by atoms with Crippen LogP contribution in [0.4, 0.5) is 5.82 Å². The maximum atomic E-state index is 4.88. The number of rotatable bonds is 3. The lowest BCUT2D eigenvalue weighted by Gasteiger charge is -2.15. The van der Waals surface area contributed by atoms with Gasteiger partial charge in [0.1, 0.15) is 11.4 Å². The van der Waals surface area contributed by atoms with Gasteiger partial charge in [0.15, 0.2) is 5.82 Å². The summed E-state index contributed by atoms with van der Waals surface area (Å²) in [7, 11) is 0. The van der Waals surface area contributed by atoms with Crippen LogP contribution in [0.15, 0.2) is 48.8 Å². The minimum atomic E-state index is 0.774. The topological polar surface area (TPSA) is 110 Å². The lowest BCUT2D eigenvalue weighted by atomic mass is 10.1. The van der Waals surface area contributed by atoms with E-state index in [9.17, 15) is 0 Å². The van der Waals surface area contributed by atoms with Crippen molar-refractivity contribution in [2.75, 3.05) is 11.9 Å². The molecule has 0 saturated heterocycles. The number of nitrogens with zero attached hydrogens (tertiary/aromatic N) is 7. The van der Waals surface area contributed by atoms with Gasteiger partial charge in [-0.2, -0.15) is 5.10 Å². The van der Waals surface area contributed by atoms with Gasteiger partial charge in [0.05, 0.1) is 22.4 Å². The first-order valence-corrected chi connectivity index (χ1v) is 10.2. The zero-order valence-corrected chi connectivity index (χ0v) is 16.9. The molecule has 6 heterocycles. The van der Waals surface area contributed by atoms with Gasteiger partial charge in [-0.15, -0.1) is 5.10 Å². The summed E-state index contributed by atoms with van der Waals surface area (Å²) in [6.45, 7) is 3.75. The highest BCUT2D eigenvalue weighted by Gasteiger charge is 2.19. The molecule has 1 aliphatic rings. The number of hydrogen-bond acceptors (Lipinski definition) is 7. The molecule has 0 fully saturated rings. The van der Waals surface area contributed by atoms with E-state index in [2.05, 4.69) is 35.8 Å². The second-order valence-electron chi connectivity index (χ2n) is 7.56. The summed E-state index contributed by atoms with van der Waals surface area (Å²) in [6, 6.07) is 11.8. The van der Waals surface area contributed by atoms with Gasteiger partial charge >= 0.3 is 0 Å². The van der Waals surface area contributed by atoms with Crippen LogP contribution < -0.4 is 5.32 Å². The minimum Gasteiger partial charge on any atom is -0.368 e. The van der Waals surface area contributed by atoms with E-state index in [1.165, 1.54) is 0 Å². The summed E-state index contributed by atoms with van der Waals surface area (Å²) in [6.07, 6.45) is 4.72. The number of anilines is 1. The zero-order valence-electron chi connectivity index (χ0n) is 16.9. The number of nitrogens with one attached hydrogen (secondary N) is 2. The normalized spacial score (nSPS) is 13.2. The molecule has 0 spiro atoms. The Balaban J connectivity index is 1.44. The summed E-state index contributed by atoms with van der Waals surface area (Å²) < 4.78 is 1.90. The van der Waals surface area contributed by atoms with Gasteiger partial charge in [-0.3, -0.25) is 15.1 Å². The molecular formula is C22H19N9. The van der Waals surface area contributed by atoms with E-state index in [1.54, 1.807) is 0 Å². The van der Waals surface area contributed by atoms with Crippen molar-refractivity contribution >= 4 is 16.9 Å². The van der Waals surface area contributed by atoms with Gasteiger partial charge in [0.25, 0.3) is 0 Å². The summed E-state index contributed by atoms with van der Waals surface area (Å²) in [5.74, 6) is 0.936. The molecule has 0 aromatic carbocycles. The van der Waals surface area contributed by atoms with Crippen LogP contribution in [0.2, 0.25) is 0 Å². The average molecular weight is 409 g/mol. The van der Waals surface area contributed by atoms with Crippen LogP contribution >= 0.6 is 0 Å². The number of hydrogen-bond donors (Lipinski definition) is 2. The number of aryl methyl sites for hydroxylation is 2. The Bertz CT molecular complexity index is 1420. The first kappa shape index (κ1) is 17.7. The van der Waals surface area contributed by atoms with E-state index in [4.69, 9.17) is 4.98 Å². The smallest absolute Gasteiger partial charge is 0.153 e. The molecule has 0 unspecified atom stereocenters. The molecule has 6 rings (SSSR count). The number of aromatic nitrogens is 8. The van der Waals surface area contributed by atoms with E-state index < -0.39 is 0 Å². The summed E-state index contributed by atoms with van der Waals surface area (Å²) in [4.78, 5) is 14.1. The van der Waals surface area contributed by atoms with Crippen LogP contribution in [0.5, 0.6) is 0 Å². The van der Waals surface area contributed by atoms with Gasteiger partial charge in [-0.25, -0.2) is 9.67 Å². The van der Waals surface area contributed by atoms with Crippen LogP contribution in [-0.2, 0) is 6.54 Å². The van der Waals surface area contributed by atoms with Crippen LogP contribution in [0, 0.1) is 6.92 Å². The van der Waals surface area contributed by atoms with E-state index in [1.807, 2.05) is 60.4 Å². The Morgan fingerprint density at radius 3 is 2.90 bits per heavy atom. The van der Waals surface area contributed by atoms with Gasteiger partial charge in [-0.1, -0.05) is 11.3 Å². The van der Waals surface area contributed by atoms with E-state index >= 15 is 0 Å². The SMILES string of the molecule is Cc1cccc(-c2n[nH]cc2-c2ccc3ncc(-c4nnn5c4NCCC5)cc3n2)n1. The van der Waals surface area contributed by atoms with Crippen LogP contribution in [0.25, 0.3) is 44.9 Å². The van der Waals surface area contributed by atoms with Crippen molar-refractivity contribution in [2.24, 2.45) is 0 Å². The monoisotopic (exact) mass is 409 g/mol. The molecule has 2 N–H and O–H groups in total. The molecule has 152 valence electrons. The van der Waals surface area contributed by atoms with Crippen LogP contribution in [0.3, 0.4) is 0 Å². The molecule has 5 aromatic rings. The number of fused-ring (bicyclic) bond motifs is 2. The fraction of sp³-hybridized carbons (Fsp3) is 0.182. The maximum Gasteiger partial charge on any atom is 0.153 e. The largest absolute Gasteiger partial charge is 0.368 e. The number of aromatic amines is 1. The third-order valence-corrected chi connectivity index (χ3v) is 5.43. The molecule has 1 aliphatic heterocycles. The standard InChI is InChI=1S/C22H19N9/c1-13-4-2-5-18(26-13)21-15(12-25-28-21)16-6-7-17-19(27-16)10-14(11-24-17)20-22-23-8-3-9-31(22)30-29-20/h2,4-7,10-12,23H,3,8-9H2,1H3,(H,25,28). The number of H-pyrrole nitrogens is 1. The first-order valence-electron chi connectivity index (χ1n) is 10.2. The molecule has 31 heavy (non-hydrogen) atoms. The van der Waals surface area contributed by atoms with Gasteiger partial charge in [0, 0.05) is 42.3 Å². The highest BCUT2D eigenvalue weighted by molar-refractivity contribution is 5.86. The molecule has 5 aromatic heterocycles. The minimum absolute atomic E-state index is 0.774. The van der Waals surface area contributed by atoms with E-state index in [0.717, 1.165) is 76.0 Å². The molecule has 0 amide bonds. The van der Waals surface area contributed by atoms with Crippen molar-refractivity contribution in [3.05, 3.63) is 54.5 Å². The quantitative estimate of drug-likeness (QED) is 0.469. The molecule has 9 heteroatoms. The average Bonchev–Trinajstić information content (AvgIpc) is 3.46. The lowest BCUT2D eigenvalue weighted by Crippen LogP contribution is -2.17. The van der Waals surface area contributed by atoms with Crippen LogP contribution in [0.1, 0.15) is 12.1 Å². The molecule has 0 saturated carbocycles. The zero-order chi connectivity index (χ0) is 20.8. The summed E-state index contributed by atoms with van der Waals surface area (Å²) >= 11 is 0. The first-order chi connectivity index (χ1) is 15.3. The van der Waals surface area contributed by atoms with E-state index in [0.29, 0.717) is 0 Å². The predicted octanol–water partition coefficient (Wildman–Crippen LogP) is 3.46. The second kappa shape index (κ2) is 6.98. The van der Waals surface area contributed by atoms with Crippen molar-refractivity contribution in [1.29, 1.82) is 0 Å². The molecule has 0 bridgehead atoms. The van der Waals surface area contributed by atoms with Gasteiger partial charge < -0.3 is 5.32 Å². The van der Waals surface area contributed by atoms with Crippen molar-refractivity contribution in [3.63, 3.8) is 0 Å². The van der Waals surface area contributed by atoms with Gasteiger partial charge in [0.2, 0.25) is 0 Å². The Morgan fingerprint density at radius 2 is 1.97 bits per heavy atom. The highest BCUT2D eigenvalue weighted by atomic mass is 15.5. The Labute approximate surface area is 177 Å². The molecule has 0 aliphatic carbocycles. The van der Waals surface area contributed by atoms with Crippen molar-refractivity contribution in [2.45, 2.75) is 19.9 Å². The molecule has 0 atom stereocenters. The Hall–Kier alpha value is -4.14. The van der Waals surface area contributed by atoms with Crippen LogP contribution in [-0.4, -0.2) is 46.7 Å². The van der Waals surface area contributed by atoms with E-state index in [-0.39, 0.29) is 0 Å². The Morgan fingerprint density at radius 1 is 1.00 bits per heavy atom. The summed E-state index contributed by atoms with van der Waals surface area (Å²) in [5, 5.41) is 19.4. The van der Waals surface area contributed by atoms with Crippen molar-refractivity contribution in [3.8, 4) is 33.9 Å².